The summed E-state index contributed by atoms with van der Waals surface area (Å²) in [5.74, 6) is 0.212. The topological polar surface area (TPSA) is 80.0 Å². The summed E-state index contributed by atoms with van der Waals surface area (Å²) in [5.41, 5.74) is 0. The van der Waals surface area contributed by atoms with Gasteiger partial charge in [-0.1, -0.05) is 0 Å². The van der Waals surface area contributed by atoms with Crippen LogP contribution in [0.25, 0.3) is 0 Å². The van der Waals surface area contributed by atoms with E-state index in [2.05, 4.69) is 15.9 Å². The van der Waals surface area contributed by atoms with Crippen LogP contribution in [-0.4, -0.2) is 44.1 Å². The normalized spacial score (nSPS) is 18.5. The van der Waals surface area contributed by atoms with Crippen molar-refractivity contribution in [2.45, 2.75) is 11.5 Å². The standard InChI is InChI=1S/C9H12BrNO5S/c10-9-8(5-7(6-12)16-9)17(13,14)11-1-3-15-4-2-11/h5,12H,1-4,6H2. The lowest BCUT2D eigenvalue weighted by atomic mass is 10.5. The minimum Gasteiger partial charge on any atom is -0.450 e. The zero-order valence-corrected chi connectivity index (χ0v) is 11.3. The van der Waals surface area contributed by atoms with Gasteiger partial charge in [0.1, 0.15) is 17.3 Å². The van der Waals surface area contributed by atoms with Crippen LogP contribution in [0, 0.1) is 0 Å². The molecule has 0 radical (unpaired) electrons. The molecule has 1 aromatic rings. The molecule has 1 N–H and O–H groups in total. The first-order chi connectivity index (χ1) is 8.05. The average molecular weight is 326 g/mol. The third-order valence-electron chi connectivity index (χ3n) is 2.45. The van der Waals surface area contributed by atoms with Gasteiger partial charge in [-0.25, -0.2) is 8.42 Å². The molecule has 0 amide bonds. The van der Waals surface area contributed by atoms with Crippen LogP contribution < -0.4 is 0 Å². The van der Waals surface area contributed by atoms with Crippen molar-refractivity contribution >= 4 is 26.0 Å². The number of furan rings is 1. The van der Waals surface area contributed by atoms with Crippen LogP contribution in [-0.2, 0) is 21.4 Å². The molecule has 2 rings (SSSR count). The van der Waals surface area contributed by atoms with Crippen molar-refractivity contribution in [1.29, 1.82) is 0 Å². The average Bonchev–Trinajstić information content (AvgIpc) is 2.72. The maximum absolute atomic E-state index is 12.2. The highest BCUT2D eigenvalue weighted by Crippen LogP contribution is 2.29. The Bertz CT molecular complexity index is 491. The highest BCUT2D eigenvalue weighted by atomic mass is 79.9. The molecule has 1 aliphatic rings. The largest absolute Gasteiger partial charge is 0.450 e. The first-order valence-electron chi connectivity index (χ1n) is 5.02. The lowest BCUT2D eigenvalue weighted by Gasteiger charge is -2.25. The number of morpholine rings is 1. The van der Waals surface area contributed by atoms with Crippen molar-refractivity contribution in [2.75, 3.05) is 26.3 Å². The summed E-state index contributed by atoms with van der Waals surface area (Å²) in [6.07, 6.45) is 0. The minimum absolute atomic E-state index is 0.0449. The van der Waals surface area contributed by atoms with Crippen molar-refractivity contribution < 1.29 is 22.7 Å². The molecule has 6 nitrogen and oxygen atoms in total. The molecule has 0 aromatic carbocycles. The van der Waals surface area contributed by atoms with E-state index in [-0.39, 0.29) is 21.9 Å². The molecule has 0 aliphatic carbocycles. The maximum Gasteiger partial charge on any atom is 0.247 e. The summed E-state index contributed by atoms with van der Waals surface area (Å²) in [6.45, 7) is 1.10. The second-order valence-electron chi connectivity index (χ2n) is 3.53. The summed E-state index contributed by atoms with van der Waals surface area (Å²) in [7, 11) is -3.58. The van der Waals surface area contributed by atoms with E-state index in [1.165, 1.54) is 10.4 Å². The summed E-state index contributed by atoms with van der Waals surface area (Å²) >= 11 is 3.05. The van der Waals surface area contributed by atoms with E-state index in [1.807, 2.05) is 0 Å². The zero-order valence-electron chi connectivity index (χ0n) is 8.93. The van der Waals surface area contributed by atoms with Crippen LogP contribution in [0.3, 0.4) is 0 Å². The molecule has 1 saturated heterocycles. The van der Waals surface area contributed by atoms with Crippen LogP contribution in [0.15, 0.2) is 20.0 Å². The van der Waals surface area contributed by atoms with Gasteiger partial charge in [0.2, 0.25) is 10.0 Å². The van der Waals surface area contributed by atoms with Gasteiger partial charge in [-0.3, -0.25) is 0 Å². The van der Waals surface area contributed by atoms with E-state index in [0.29, 0.717) is 26.3 Å². The Morgan fingerprint density at radius 3 is 2.59 bits per heavy atom. The van der Waals surface area contributed by atoms with Crippen molar-refractivity contribution in [1.82, 2.24) is 4.31 Å². The first-order valence-corrected chi connectivity index (χ1v) is 7.26. The van der Waals surface area contributed by atoms with Crippen molar-refractivity contribution in [3.05, 3.63) is 16.5 Å². The lowest BCUT2D eigenvalue weighted by Crippen LogP contribution is -2.40. The Hall–Kier alpha value is -0.410. The molecular weight excluding hydrogens is 314 g/mol. The second-order valence-corrected chi connectivity index (χ2v) is 6.15. The Kier molecular flexibility index (Phi) is 3.88. The molecule has 0 atom stereocenters. The van der Waals surface area contributed by atoms with Crippen molar-refractivity contribution in [3.63, 3.8) is 0 Å². The summed E-state index contributed by atoms with van der Waals surface area (Å²) in [4.78, 5) is 0.0449. The van der Waals surface area contributed by atoms with Gasteiger partial charge >= 0.3 is 0 Å². The number of hydrogen-bond donors (Lipinski definition) is 1. The molecule has 1 aromatic heterocycles. The smallest absolute Gasteiger partial charge is 0.247 e. The Labute approximate surface area is 107 Å². The number of sulfonamides is 1. The van der Waals surface area contributed by atoms with E-state index in [0.717, 1.165) is 0 Å². The molecule has 1 fully saturated rings. The molecule has 1 aliphatic heterocycles. The fourth-order valence-electron chi connectivity index (χ4n) is 1.58. The first kappa shape index (κ1) is 13.0. The number of aliphatic hydroxyl groups is 1. The summed E-state index contributed by atoms with van der Waals surface area (Å²) in [6, 6.07) is 1.33. The Morgan fingerprint density at radius 2 is 2.06 bits per heavy atom. The van der Waals surface area contributed by atoms with Gasteiger partial charge < -0.3 is 14.3 Å². The zero-order chi connectivity index (χ0) is 12.5. The van der Waals surface area contributed by atoms with E-state index in [9.17, 15) is 8.42 Å². The van der Waals surface area contributed by atoms with Gasteiger partial charge in [0.15, 0.2) is 4.67 Å². The Balaban J connectivity index is 2.33. The van der Waals surface area contributed by atoms with E-state index < -0.39 is 10.0 Å². The molecule has 0 bridgehead atoms. The van der Waals surface area contributed by atoms with Crippen LogP contribution in [0.2, 0.25) is 0 Å². The van der Waals surface area contributed by atoms with E-state index in [4.69, 9.17) is 14.3 Å². The minimum atomic E-state index is -3.58. The summed E-state index contributed by atoms with van der Waals surface area (Å²) in [5, 5.41) is 8.91. The van der Waals surface area contributed by atoms with Crippen LogP contribution in [0.1, 0.15) is 5.76 Å². The predicted octanol–water partition coefficient (Wildman–Crippen LogP) is 0.555. The number of hydrogen-bond acceptors (Lipinski definition) is 5. The predicted molar refractivity (Wildman–Crippen MR) is 61.9 cm³/mol. The molecule has 8 heteroatoms. The number of ether oxygens (including phenoxy) is 1. The third kappa shape index (κ3) is 2.55. The van der Waals surface area contributed by atoms with Crippen molar-refractivity contribution in [2.24, 2.45) is 0 Å². The molecule has 96 valence electrons. The molecule has 2 heterocycles. The van der Waals surface area contributed by atoms with Crippen molar-refractivity contribution in [3.8, 4) is 0 Å². The fraction of sp³-hybridized carbons (Fsp3) is 0.556. The van der Waals surface area contributed by atoms with Gasteiger partial charge in [-0.2, -0.15) is 4.31 Å². The van der Waals surface area contributed by atoms with Gasteiger partial charge in [0.25, 0.3) is 0 Å². The number of aliphatic hydroxyl groups excluding tert-OH is 1. The molecular formula is C9H12BrNO5S. The fourth-order valence-corrected chi connectivity index (χ4v) is 3.95. The SMILES string of the molecule is O=S(=O)(c1cc(CO)oc1Br)N1CCOCC1. The highest BCUT2D eigenvalue weighted by Gasteiger charge is 2.30. The quantitative estimate of drug-likeness (QED) is 0.878. The lowest BCUT2D eigenvalue weighted by molar-refractivity contribution is 0.0730. The monoisotopic (exact) mass is 325 g/mol. The maximum atomic E-state index is 12.2. The van der Waals surface area contributed by atoms with Crippen LogP contribution in [0.4, 0.5) is 0 Å². The highest BCUT2D eigenvalue weighted by molar-refractivity contribution is 9.10. The second kappa shape index (κ2) is 5.07. The van der Waals surface area contributed by atoms with Gasteiger partial charge in [-0.15, -0.1) is 0 Å². The Morgan fingerprint density at radius 1 is 1.41 bits per heavy atom. The number of nitrogens with zero attached hydrogens (tertiary/aromatic N) is 1. The molecule has 17 heavy (non-hydrogen) atoms. The molecule has 0 spiro atoms. The van der Waals surface area contributed by atoms with Gasteiger partial charge in [-0.05, 0) is 15.9 Å². The van der Waals surface area contributed by atoms with E-state index >= 15 is 0 Å². The van der Waals surface area contributed by atoms with Gasteiger partial charge in [0.05, 0.1) is 13.2 Å². The van der Waals surface area contributed by atoms with Gasteiger partial charge in [0, 0.05) is 19.2 Å². The summed E-state index contributed by atoms with van der Waals surface area (Å²) < 4.78 is 36.1. The third-order valence-corrected chi connectivity index (χ3v) is 5.21. The van der Waals surface area contributed by atoms with Crippen LogP contribution in [0.5, 0.6) is 0 Å². The number of rotatable bonds is 3. The van der Waals surface area contributed by atoms with Crippen LogP contribution >= 0.6 is 15.9 Å². The van der Waals surface area contributed by atoms with E-state index in [1.54, 1.807) is 0 Å². The molecule has 0 unspecified atom stereocenters. The number of halogens is 1. The molecule has 0 saturated carbocycles.